The summed E-state index contributed by atoms with van der Waals surface area (Å²) in [5.74, 6) is -0.248. The molecule has 0 unspecified atom stereocenters. The predicted molar refractivity (Wildman–Crippen MR) is 91.5 cm³/mol. The fourth-order valence-corrected chi connectivity index (χ4v) is 3.36. The molecule has 2 N–H and O–H groups in total. The van der Waals surface area contributed by atoms with Gasteiger partial charge < -0.3 is 5.32 Å². The lowest BCUT2D eigenvalue weighted by Gasteiger charge is -2.04. The molecule has 0 aliphatic rings. The van der Waals surface area contributed by atoms with Crippen LogP contribution < -0.4 is 10.0 Å². The number of thiazole rings is 1. The fourth-order valence-electron chi connectivity index (χ4n) is 2.08. The third kappa shape index (κ3) is 4.06. The topological polar surface area (TPSA) is 119 Å². The van der Waals surface area contributed by atoms with Crippen molar-refractivity contribution in [2.45, 2.75) is 13.5 Å². The second-order valence-electron chi connectivity index (χ2n) is 5.14. The molecule has 0 fully saturated rings. The molecule has 0 spiro atoms. The van der Waals surface area contributed by atoms with Crippen molar-refractivity contribution in [3.05, 3.63) is 29.4 Å². The molecule has 0 bridgehead atoms. The van der Waals surface area contributed by atoms with Crippen molar-refractivity contribution in [2.24, 2.45) is 0 Å². The number of benzene rings is 1. The number of aromatic nitrogens is 4. The van der Waals surface area contributed by atoms with Crippen LogP contribution in [0.3, 0.4) is 0 Å². The molecule has 3 aromatic rings. The highest BCUT2D eigenvalue weighted by molar-refractivity contribution is 7.92. The second-order valence-corrected chi connectivity index (χ2v) is 8.12. The number of nitrogens with one attached hydrogen (secondary N) is 2. The van der Waals surface area contributed by atoms with Gasteiger partial charge in [-0.2, -0.15) is 0 Å². The van der Waals surface area contributed by atoms with E-state index in [4.69, 9.17) is 0 Å². The van der Waals surface area contributed by atoms with Crippen LogP contribution in [0, 0.1) is 6.92 Å². The largest absolute Gasteiger partial charge is 0.324 e. The molecule has 3 rings (SSSR count). The number of carbonyl (C=O) groups is 1. The van der Waals surface area contributed by atoms with E-state index in [1.807, 2.05) is 13.0 Å². The number of hydrogen-bond donors (Lipinski definition) is 2. The molecule has 2 heterocycles. The van der Waals surface area contributed by atoms with Crippen molar-refractivity contribution in [3.63, 3.8) is 0 Å². The van der Waals surface area contributed by atoms with Gasteiger partial charge in [0.2, 0.25) is 15.9 Å². The summed E-state index contributed by atoms with van der Waals surface area (Å²) < 4.78 is 26.7. The molecule has 0 aliphatic carbocycles. The summed E-state index contributed by atoms with van der Waals surface area (Å²) in [5.41, 5.74) is 1.46. The molecule has 126 valence electrons. The molecular formula is C13H14N6O3S2. The fraction of sp³-hybridized carbons (Fsp3) is 0.231. The highest BCUT2D eigenvalue weighted by atomic mass is 32.2. The van der Waals surface area contributed by atoms with E-state index in [-0.39, 0.29) is 18.3 Å². The van der Waals surface area contributed by atoms with E-state index < -0.39 is 10.0 Å². The zero-order valence-corrected chi connectivity index (χ0v) is 14.5. The Morgan fingerprint density at radius 3 is 2.92 bits per heavy atom. The van der Waals surface area contributed by atoms with Gasteiger partial charge in [0.15, 0.2) is 5.82 Å². The number of amides is 1. The molecule has 1 aromatic carbocycles. The summed E-state index contributed by atoms with van der Waals surface area (Å²) in [4.78, 5) is 16.4. The summed E-state index contributed by atoms with van der Waals surface area (Å²) in [7, 11) is -3.43. The van der Waals surface area contributed by atoms with Gasteiger partial charge in [-0.05, 0) is 25.1 Å². The zero-order chi connectivity index (χ0) is 17.3. The summed E-state index contributed by atoms with van der Waals surface area (Å²) in [6, 6.07) is 5.50. The molecule has 0 saturated heterocycles. The van der Waals surface area contributed by atoms with E-state index in [1.54, 1.807) is 23.5 Å². The van der Waals surface area contributed by atoms with Gasteiger partial charge in [0, 0.05) is 5.69 Å². The number of aryl methyl sites for hydroxylation is 1. The maximum absolute atomic E-state index is 12.1. The maximum atomic E-state index is 12.1. The van der Waals surface area contributed by atoms with Gasteiger partial charge >= 0.3 is 0 Å². The number of sulfonamides is 1. The molecule has 11 heteroatoms. The lowest BCUT2D eigenvalue weighted by atomic mass is 10.3. The lowest BCUT2D eigenvalue weighted by molar-refractivity contribution is -0.116. The third-order valence-electron chi connectivity index (χ3n) is 2.91. The summed E-state index contributed by atoms with van der Waals surface area (Å²) in [6.07, 6.45) is 2.35. The number of hydrogen-bond acceptors (Lipinski definition) is 7. The minimum Gasteiger partial charge on any atom is -0.324 e. The number of rotatable bonds is 5. The number of carbonyl (C=O) groups excluding carboxylic acids is 1. The van der Waals surface area contributed by atoms with E-state index in [1.165, 1.54) is 10.9 Å². The Bertz CT molecular complexity index is 1010. The van der Waals surface area contributed by atoms with Gasteiger partial charge in [0.1, 0.15) is 6.54 Å². The summed E-state index contributed by atoms with van der Waals surface area (Å²) in [5, 5.41) is 11.1. The molecule has 0 atom stereocenters. The van der Waals surface area contributed by atoms with Crippen molar-refractivity contribution in [2.75, 3.05) is 16.3 Å². The average Bonchev–Trinajstić information content (AvgIpc) is 3.01. The predicted octanol–water partition coefficient (Wildman–Crippen LogP) is 1.21. The first kappa shape index (κ1) is 16.3. The van der Waals surface area contributed by atoms with Gasteiger partial charge in [0.05, 0.1) is 27.7 Å². The van der Waals surface area contributed by atoms with Crippen molar-refractivity contribution < 1.29 is 13.2 Å². The van der Waals surface area contributed by atoms with Crippen LogP contribution >= 0.6 is 11.3 Å². The van der Waals surface area contributed by atoms with E-state index >= 15 is 0 Å². The van der Waals surface area contributed by atoms with Gasteiger partial charge in [0.25, 0.3) is 0 Å². The third-order valence-corrected chi connectivity index (χ3v) is 4.44. The van der Waals surface area contributed by atoms with E-state index in [0.717, 1.165) is 21.5 Å². The average molecular weight is 366 g/mol. The zero-order valence-electron chi connectivity index (χ0n) is 12.8. The molecule has 9 nitrogen and oxygen atoms in total. The normalized spacial score (nSPS) is 11.6. The van der Waals surface area contributed by atoms with Gasteiger partial charge in [-0.3, -0.25) is 9.52 Å². The van der Waals surface area contributed by atoms with Crippen LogP contribution in [0.4, 0.5) is 11.5 Å². The molecule has 0 saturated carbocycles. The van der Waals surface area contributed by atoms with Crippen LogP contribution in [0.1, 0.15) is 5.01 Å². The summed E-state index contributed by atoms with van der Waals surface area (Å²) in [6.45, 7) is 1.84. The van der Waals surface area contributed by atoms with Gasteiger partial charge in [-0.1, -0.05) is 5.21 Å². The van der Waals surface area contributed by atoms with E-state index in [2.05, 4.69) is 25.3 Å². The number of fused-ring (bicyclic) bond motifs is 1. The molecule has 0 aliphatic heterocycles. The second kappa shape index (κ2) is 6.17. The van der Waals surface area contributed by atoms with Crippen LogP contribution in [-0.2, 0) is 21.4 Å². The Morgan fingerprint density at radius 2 is 2.17 bits per heavy atom. The first-order valence-electron chi connectivity index (χ1n) is 6.83. The lowest BCUT2D eigenvalue weighted by Crippen LogP contribution is -2.19. The highest BCUT2D eigenvalue weighted by Crippen LogP contribution is 2.24. The van der Waals surface area contributed by atoms with Crippen LogP contribution in [-0.4, -0.2) is 40.6 Å². The minimum absolute atomic E-state index is 0.0599. The van der Waals surface area contributed by atoms with Crippen LogP contribution in [0.2, 0.25) is 0 Å². The Hall–Kier alpha value is -2.53. The first-order valence-corrected chi connectivity index (χ1v) is 9.54. The smallest absolute Gasteiger partial charge is 0.246 e. The van der Waals surface area contributed by atoms with Crippen LogP contribution in [0.25, 0.3) is 10.2 Å². The van der Waals surface area contributed by atoms with Crippen molar-refractivity contribution >= 4 is 49.0 Å². The standard InChI is InChI=1S/C13H14N6O3S2/c1-8-14-10-5-9(3-4-11(10)23-8)15-13(20)7-19-6-12(16-18-19)17-24(2,21)22/h3-6,17H,7H2,1-2H3,(H,15,20). The quantitative estimate of drug-likeness (QED) is 0.700. The highest BCUT2D eigenvalue weighted by Gasteiger charge is 2.10. The first-order chi connectivity index (χ1) is 11.3. The van der Waals surface area contributed by atoms with Gasteiger partial charge in [-0.15, -0.1) is 16.4 Å². The molecular weight excluding hydrogens is 352 g/mol. The number of nitrogens with zero attached hydrogens (tertiary/aromatic N) is 4. The Morgan fingerprint density at radius 1 is 1.38 bits per heavy atom. The van der Waals surface area contributed by atoms with E-state index in [9.17, 15) is 13.2 Å². The van der Waals surface area contributed by atoms with Crippen LogP contribution in [0.15, 0.2) is 24.4 Å². The monoisotopic (exact) mass is 366 g/mol. The van der Waals surface area contributed by atoms with Crippen LogP contribution in [0.5, 0.6) is 0 Å². The van der Waals surface area contributed by atoms with E-state index in [0.29, 0.717) is 5.69 Å². The SMILES string of the molecule is Cc1nc2cc(NC(=O)Cn3cc(NS(C)(=O)=O)nn3)ccc2s1. The van der Waals surface area contributed by atoms with Crippen molar-refractivity contribution in [1.29, 1.82) is 0 Å². The molecule has 0 radical (unpaired) electrons. The molecule has 1 amide bonds. The number of anilines is 2. The van der Waals surface area contributed by atoms with Crippen molar-refractivity contribution in [3.8, 4) is 0 Å². The maximum Gasteiger partial charge on any atom is 0.246 e. The summed E-state index contributed by atoms with van der Waals surface area (Å²) >= 11 is 1.59. The Labute approximate surface area is 141 Å². The van der Waals surface area contributed by atoms with Gasteiger partial charge in [-0.25, -0.2) is 18.1 Å². The Balaban J connectivity index is 1.66. The minimum atomic E-state index is -3.43. The molecule has 24 heavy (non-hydrogen) atoms. The Kier molecular flexibility index (Phi) is 4.20. The van der Waals surface area contributed by atoms with Crippen molar-refractivity contribution in [1.82, 2.24) is 20.0 Å². The molecule has 2 aromatic heterocycles.